The van der Waals surface area contributed by atoms with E-state index in [9.17, 15) is 9.59 Å². The van der Waals surface area contributed by atoms with E-state index < -0.39 is 0 Å². The van der Waals surface area contributed by atoms with Crippen LogP contribution in [0.25, 0.3) is 6.08 Å². The summed E-state index contributed by atoms with van der Waals surface area (Å²) in [5.74, 6) is 1.30. The van der Waals surface area contributed by atoms with Gasteiger partial charge in [0.1, 0.15) is 0 Å². The zero-order valence-corrected chi connectivity index (χ0v) is 19.5. The van der Waals surface area contributed by atoms with E-state index in [4.69, 9.17) is 0 Å². The highest BCUT2D eigenvalue weighted by Crippen LogP contribution is 2.25. The number of hydrogen-bond acceptors (Lipinski definition) is 3. The van der Waals surface area contributed by atoms with Gasteiger partial charge in [0.25, 0.3) is 0 Å². The van der Waals surface area contributed by atoms with Crippen LogP contribution in [0, 0.1) is 11.8 Å². The molecule has 0 bridgehead atoms. The minimum absolute atomic E-state index is 0.0490. The lowest BCUT2D eigenvalue weighted by molar-refractivity contribution is -0.139. The molecule has 1 aliphatic carbocycles. The zero-order chi connectivity index (χ0) is 22.2. The predicted octanol–water partition coefficient (Wildman–Crippen LogP) is 4.05. The van der Waals surface area contributed by atoms with Crippen molar-refractivity contribution < 1.29 is 9.59 Å². The maximum atomic E-state index is 13.2. The van der Waals surface area contributed by atoms with Crippen LogP contribution in [0.5, 0.6) is 0 Å². The Kier molecular flexibility index (Phi) is 8.38. The van der Waals surface area contributed by atoms with Gasteiger partial charge in [-0.05, 0) is 56.2 Å². The van der Waals surface area contributed by atoms with Crippen molar-refractivity contribution >= 4 is 17.9 Å². The molecule has 0 atom stereocenters. The van der Waals surface area contributed by atoms with Gasteiger partial charge in [-0.1, -0.05) is 49.6 Å². The van der Waals surface area contributed by atoms with Gasteiger partial charge in [-0.25, -0.2) is 0 Å². The lowest BCUT2D eigenvalue weighted by Gasteiger charge is -2.33. The van der Waals surface area contributed by atoms with Gasteiger partial charge in [0, 0.05) is 51.3 Å². The maximum absolute atomic E-state index is 13.2. The van der Waals surface area contributed by atoms with Crippen molar-refractivity contribution in [2.24, 2.45) is 11.8 Å². The first-order valence-corrected chi connectivity index (χ1v) is 12.7. The Hall–Kier alpha value is -2.14. The van der Waals surface area contributed by atoms with E-state index >= 15 is 0 Å². The van der Waals surface area contributed by atoms with Crippen LogP contribution in [-0.4, -0.2) is 72.3 Å². The number of benzene rings is 1. The molecule has 1 aromatic carbocycles. The van der Waals surface area contributed by atoms with Gasteiger partial charge >= 0.3 is 0 Å². The Morgan fingerprint density at radius 3 is 2.28 bits per heavy atom. The Morgan fingerprint density at radius 2 is 1.53 bits per heavy atom. The molecule has 4 rings (SSSR count). The molecule has 2 heterocycles. The Bertz CT molecular complexity index is 764. The standard InChI is InChI=1S/C27H39N3O2/c31-26(13-12-23-8-3-1-4-9-23)29-18-14-25(15-19-29)27(32)30-17-7-16-28(20-21-30)22-24-10-5-2-6-11-24/h1,3-4,8-9,12-13,24-25H,2,5-7,10-11,14-22H2/b13-12+. The van der Waals surface area contributed by atoms with E-state index in [1.165, 1.54) is 38.6 Å². The molecule has 5 nitrogen and oxygen atoms in total. The first-order chi connectivity index (χ1) is 15.7. The van der Waals surface area contributed by atoms with Crippen LogP contribution in [-0.2, 0) is 9.59 Å². The van der Waals surface area contributed by atoms with Crippen LogP contribution < -0.4 is 0 Å². The second-order valence-corrected chi connectivity index (χ2v) is 9.83. The van der Waals surface area contributed by atoms with E-state index in [1.807, 2.05) is 41.3 Å². The van der Waals surface area contributed by atoms with Gasteiger partial charge in [0.15, 0.2) is 0 Å². The number of carbonyl (C=O) groups is 2. The quantitative estimate of drug-likeness (QED) is 0.653. The largest absolute Gasteiger partial charge is 0.341 e. The number of nitrogens with zero attached hydrogens (tertiary/aromatic N) is 3. The Labute approximate surface area is 193 Å². The van der Waals surface area contributed by atoms with Crippen LogP contribution in [0.1, 0.15) is 56.9 Å². The molecule has 32 heavy (non-hydrogen) atoms. The van der Waals surface area contributed by atoms with Crippen molar-refractivity contribution in [1.82, 2.24) is 14.7 Å². The Balaban J connectivity index is 1.21. The molecule has 0 N–H and O–H groups in total. The summed E-state index contributed by atoms with van der Waals surface area (Å²) in [6.07, 6.45) is 13.2. The first-order valence-electron chi connectivity index (χ1n) is 12.7. The average molecular weight is 438 g/mol. The molecule has 2 saturated heterocycles. The zero-order valence-electron chi connectivity index (χ0n) is 19.5. The lowest BCUT2D eigenvalue weighted by atomic mass is 9.89. The molecule has 0 radical (unpaired) electrons. The van der Waals surface area contributed by atoms with Crippen molar-refractivity contribution in [3.63, 3.8) is 0 Å². The van der Waals surface area contributed by atoms with Gasteiger partial charge in [0.2, 0.25) is 11.8 Å². The topological polar surface area (TPSA) is 43.9 Å². The number of carbonyl (C=O) groups excluding carboxylic acids is 2. The molecular weight excluding hydrogens is 398 g/mol. The SMILES string of the molecule is O=C(/C=C/c1ccccc1)N1CCC(C(=O)N2CCCN(CC3CCCCC3)CC2)CC1. The predicted molar refractivity (Wildman–Crippen MR) is 129 cm³/mol. The van der Waals surface area contributed by atoms with E-state index in [0.29, 0.717) is 19.0 Å². The lowest BCUT2D eigenvalue weighted by Crippen LogP contribution is -2.45. The van der Waals surface area contributed by atoms with Crippen LogP contribution in [0.15, 0.2) is 36.4 Å². The molecule has 3 fully saturated rings. The van der Waals surface area contributed by atoms with E-state index in [-0.39, 0.29) is 11.8 Å². The third-order valence-electron chi connectivity index (χ3n) is 7.52. The smallest absolute Gasteiger partial charge is 0.246 e. The Morgan fingerprint density at radius 1 is 0.781 bits per heavy atom. The van der Waals surface area contributed by atoms with Crippen molar-refractivity contribution in [3.8, 4) is 0 Å². The third-order valence-corrected chi connectivity index (χ3v) is 7.52. The van der Waals surface area contributed by atoms with Crippen molar-refractivity contribution in [2.75, 3.05) is 45.8 Å². The first kappa shape index (κ1) is 23.0. The van der Waals surface area contributed by atoms with Gasteiger partial charge < -0.3 is 14.7 Å². The number of hydrogen-bond donors (Lipinski definition) is 0. The van der Waals surface area contributed by atoms with E-state index in [2.05, 4.69) is 9.80 Å². The second kappa shape index (κ2) is 11.6. The fraction of sp³-hybridized carbons (Fsp3) is 0.630. The summed E-state index contributed by atoms with van der Waals surface area (Å²) in [6.45, 7) is 6.47. The van der Waals surface area contributed by atoms with Crippen molar-refractivity contribution in [2.45, 2.75) is 51.4 Å². The van der Waals surface area contributed by atoms with Crippen LogP contribution in [0.4, 0.5) is 0 Å². The summed E-state index contributed by atoms with van der Waals surface area (Å²) in [5.41, 5.74) is 1.03. The summed E-state index contributed by atoms with van der Waals surface area (Å²) in [5, 5.41) is 0. The summed E-state index contributed by atoms with van der Waals surface area (Å²) in [4.78, 5) is 32.3. The summed E-state index contributed by atoms with van der Waals surface area (Å²) in [6, 6.07) is 9.90. The maximum Gasteiger partial charge on any atom is 0.246 e. The van der Waals surface area contributed by atoms with Crippen LogP contribution in [0.3, 0.4) is 0 Å². The van der Waals surface area contributed by atoms with Gasteiger partial charge in [-0.2, -0.15) is 0 Å². The van der Waals surface area contributed by atoms with Crippen molar-refractivity contribution in [1.29, 1.82) is 0 Å². The molecule has 0 unspecified atom stereocenters. The number of piperidine rings is 1. The molecule has 5 heteroatoms. The van der Waals surface area contributed by atoms with Gasteiger partial charge in [0.05, 0.1) is 0 Å². The molecule has 3 aliphatic rings. The van der Waals surface area contributed by atoms with E-state index in [1.54, 1.807) is 6.08 Å². The number of amides is 2. The summed E-state index contributed by atoms with van der Waals surface area (Å²) >= 11 is 0. The van der Waals surface area contributed by atoms with E-state index in [0.717, 1.165) is 56.9 Å². The van der Waals surface area contributed by atoms with Gasteiger partial charge in [-0.3, -0.25) is 9.59 Å². The molecule has 1 saturated carbocycles. The fourth-order valence-electron chi connectivity index (χ4n) is 5.55. The van der Waals surface area contributed by atoms with Crippen molar-refractivity contribution in [3.05, 3.63) is 42.0 Å². The van der Waals surface area contributed by atoms with Crippen LogP contribution in [0.2, 0.25) is 0 Å². The molecule has 0 spiro atoms. The average Bonchev–Trinajstić information content (AvgIpc) is 3.09. The summed E-state index contributed by atoms with van der Waals surface area (Å²) in [7, 11) is 0. The minimum atomic E-state index is 0.0490. The van der Waals surface area contributed by atoms with Crippen LogP contribution >= 0.6 is 0 Å². The minimum Gasteiger partial charge on any atom is -0.341 e. The molecule has 2 aliphatic heterocycles. The normalized spacial score (nSPS) is 22.2. The fourth-order valence-corrected chi connectivity index (χ4v) is 5.55. The molecule has 174 valence electrons. The highest BCUT2D eigenvalue weighted by Gasteiger charge is 2.31. The monoisotopic (exact) mass is 437 g/mol. The van der Waals surface area contributed by atoms with Gasteiger partial charge in [-0.15, -0.1) is 0 Å². The second-order valence-electron chi connectivity index (χ2n) is 9.83. The summed E-state index contributed by atoms with van der Waals surface area (Å²) < 4.78 is 0. The molecule has 1 aromatic rings. The molecule has 2 amide bonds. The highest BCUT2D eigenvalue weighted by molar-refractivity contribution is 5.92. The highest BCUT2D eigenvalue weighted by atomic mass is 16.2. The molecule has 0 aromatic heterocycles. The number of likely N-dealkylation sites (tertiary alicyclic amines) is 1. The molecular formula is C27H39N3O2. The number of rotatable bonds is 5. The third kappa shape index (κ3) is 6.44.